The molecule has 9 heteroatoms. The van der Waals surface area contributed by atoms with Crippen molar-refractivity contribution in [2.75, 3.05) is 18.6 Å². The summed E-state index contributed by atoms with van der Waals surface area (Å²) >= 11 is 9.38. The van der Waals surface area contributed by atoms with Crippen molar-refractivity contribution in [2.45, 2.75) is 24.6 Å². The quantitative estimate of drug-likeness (QED) is 0.675. The first kappa shape index (κ1) is 21.0. The number of para-hydroxylation sites is 1. The number of alkyl halides is 3. The number of ether oxygens (including phenoxy) is 1. The van der Waals surface area contributed by atoms with Crippen molar-refractivity contribution in [3.05, 3.63) is 57.0 Å². The van der Waals surface area contributed by atoms with Gasteiger partial charge in [0.1, 0.15) is 5.75 Å². The number of nitrogens with zero attached hydrogens (tertiary/aromatic N) is 1. The van der Waals surface area contributed by atoms with E-state index in [1.165, 1.54) is 43.1 Å². The van der Waals surface area contributed by atoms with Crippen LogP contribution in [-0.2, 0) is 10.4 Å². The normalized spacial score (nSPS) is 17.6. The summed E-state index contributed by atoms with van der Waals surface area (Å²) in [5, 5.41) is 11.1. The third-order valence-electron chi connectivity index (χ3n) is 4.97. The monoisotopic (exact) mass is 477 g/mol. The Bertz CT molecular complexity index is 937. The number of benzene rings is 2. The van der Waals surface area contributed by atoms with Crippen LogP contribution >= 0.6 is 27.5 Å². The summed E-state index contributed by atoms with van der Waals surface area (Å²) in [6, 6.07) is 8.41. The summed E-state index contributed by atoms with van der Waals surface area (Å²) in [5.41, 5.74) is -3.48. The predicted octanol–water partition coefficient (Wildman–Crippen LogP) is 5.01. The first-order chi connectivity index (χ1) is 13.0. The van der Waals surface area contributed by atoms with Gasteiger partial charge in [-0.15, -0.1) is 0 Å². The second-order valence-corrected chi connectivity index (χ2v) is 7.87. The third kappa shape index (κ3) is 3.27. The van der Waals surface area contributed by atoms with E-state index in [-0.39, 0.29) is 22.0 Å². The molecule has 1 amide bonds. The largest absolute Gasteiger partial charge is 0.481 e. The van der Waals surface area contributed by atoms with Gasteiger partial charge >= 0.3 is 6.18 Å². The Morgan fingerprint density at radius 2 is 1.96 bits per heavy atom. The number of hydrogen-bond acceptors (Lipinski definition) is 3. The topological polar surface area (TPSA) is 49.8 Å². The molecule has 0 saturated carbocycles. The maximum absolute atomic E-state index is 14.2. The van der Waals surface area contributed by atoms with Crippen LogP contribution in [0.15, 0.2) is 40.9 Å². The van der Waals surface area contributed by atoms with Gasteiger partial charge in [0.25, 0.3) is 5.91 Å². The van der Waals surface area contributed by atoms with Crippen LogP contribution in [0.5, 0.6) is 5.75 Å². The van der Waals surface area contributed by atoms with Crippen molar-refractivity contribution in [3.8, 4) is 5.75 Å². The molecular weight excluding hydrogens is 463 g/mol. The molecule has 0 fully saturated rings. The minimum absolute atomic E-state index is 0.0857. The maximum Gasteiger partial charge on any atom is 0.422 e. The second kappa shape index (κ2) is 7.24. The number of anilines is 1. The number of halogens is 5. The lowest BCUT2D eigenvalue weighted by atomic mass is 9.77. The molecule has 0 spiro atoms. The Balaban J connectivity index is 2.23. The van der Waals surface area contributed by atoms with Gasteiger partial charge in [-0.25, -0.2) is 0 Å². The molecule has 1 N–H and O–H groups in total. The number of amides is 1. The summed E-state index contributed by atoms with van der Waals surface area (Å²) in [4.78, 5) is 13.0. The van der Waals surface area contributed by atoms with Gasteiger partial charge in [0, 0.05) is 28.0 Å². The molecule has 3 rings (SSSR count). The molecule has 2 aromatic rings. The minimum Gasteiger partial charge on any atom is -0.481 e. The second-order valence-electron chi connectivity index (χ2n) is 6.55. The Morgan fingerprint density at radius 3 is 2.57 bits per heavy atom. The van der Waals surface area contributed by atoms with E-state index in [1.54, 1.807) is 6.07 Å². The number of hydrogen-bond donors (Lipinski definition) is 1. The van der Waals surface area contributed by atoms with E-state index in [0.29, 0.717) is 4.47 Å². The molecular formula is C19H16BrClF3NO3. The maximum atomic E-state index is 14.2. The Morgan fingerprint density at radius 1 is 1.29 bits per heavy atom. The van der Waals surface area contributed by atoms with E-state index in [9.17, 15) is 23.1 Å². The Hall–Kier alpha value is -1.77. The summed E-state index contributed by atoms with van der Waals surface area (Å²) in [6.07, 6.45) is -5.04. The standard InChI is InChI=1S/C19H16BrClF3NO3/c1-10(12-7-6-11(20)8-14(12)21)18(27,19(22,23)24)13-4-3-5-15-17(13)28-9-16(26)25(15)2/h3-8,10,27H,9H2,1-2H3. The van der Waals surface area contributed by atoms with Crippen LogP contribution in [0.2, 0.25) is 5.02 Å². The fourth-order valence-electron chi connectivity index (χ4n) is 3.32. The summed E-state index contributed by atoms with van der Waals surface area (Å²) in [5.74, 6) is -2.03. The Labute approximate surface area is 173 Å². The van der Waals surface area contributed by atoms with E-state index < -0.39 is 35.8 Å². The average Bonchev–Trinajstić information content (AvgIpc) is 2.62. The zero-order valence-corrected chi connectivity index (χ0v) is 17.2. The van der Waals surface area contributed by atoms with Gasteiger partial charge in [0.2, 0.25) is 0 Å². The molecule has 0 aromatic heterocycles. The first-order valence-electron chi connectivity index (χ1n) is 8.25. The van der Waals surface area contributed by atoms with Crippen LogP contribution in [-0.4, -0.2) is 30.8 Å². The van der Waals surface area contributed by atoms with Gasteiger partial charge in [-0.1, -0.05) is 52.7 Å². The molecule has 1 aliphatic rings. The fourth-order valence-corrected chi connectivity index (χ4v) is 4.15. The van der Waals surface area contributed by atoms with E-state index in [0.717, 1.165) is 6.07 Å². The van der Waals surface area contributed by atoms with E-state index >= 15 is 0 Å². The Kier molecular flexibility index (Phi) is 5.42. The van der Waals surface area contributed by atoms with E-state index in [2.05, 4.69) is 15.9 Å². The summed E-state index contributed by atoms with van der Waals surface area (Å²) < 4.78 is 48.7. The van der Waals surface area contributed by atoms with Crippen molar-refractivity contribution in [3.63, 3.8) is 0 Å². The zero-order chi connectivity index (χ0) is 20.9. The number of fused-ring (bicyclic) bond motifs is 1. The van der Waals surface area contributed by atoms with Crippen molar-refractivity contribution in [1.29, 1.82) is 0 Å². The van der Waals surface area contributed by atoms with Gasteiger partial charge in [-0.3, -0.25) is 4.79 Å². The third-order valence-corrected chi connectivity index (χ3v) is 5.79. The predicted molar refractivity (Wildman–Crippen MR) is 103 cm³/mol. The highest BCUT2D eigenvalue weighted by Crippen LogP contribution is 2.54. The molecule has 2 atom stereocenters. The lowest BCUT2D eigenvalue weighted by Gasteiger charge is -2.39. The molecule has 150 valence electrons. The summed E-state index contributed by atoms with van der Waals surface area (Å²) in [6.45, 7) is 0.835. The molecule has 2 unspecified atom stereocenters. The van der Waals surface area contributed by atoms with Gasteiger partial charge in [-0.05, 0) is 23.8 Å². The highest BCUT2D eigenvalue weighted by atomic mass is 79.9. The highest BCUT2D eigenvalue weighted by Gasteiger charge is 2.60. The summed E-state index contributed by atoms with van der Waals surface area (Å²) in [7, 11) is 1.44. The molecule has 4 nitrogen and oxygen atoms in total. The van der Waals surface area contributed by atoms with E-state index in [1.807, 2.05) is 0 Å². The van der Waals surface area contributed by atoms with Crippen LogP contribution in [0.3, 0.4) is 0 Å². The number of likely N-dealkylation sites (N-methyl/N-ethyl adjacent to an activating group) is 1. The van der Waals surface area contributed by atoms with Crippen molar-refractivity contribution in [1.82, 2.24) is 0 Å². The van der Waals surface area contributed by atoms with Gasteiger partial charge < -0.3 is 14.7 Å². The number of carbonyl (C=O) groups is 1. The number of aliphatic hydroxyl groups is 1. The van der Waals surface area contributed by atoms with Crippen LogP contribution < -0.4 is 9.64 Å². The molecule has 2 aromatic carbocycles. The molecule has 0 radical (unpaired) electrons. The molecule has 1 heterocycles. The minimum atomic E-state index is -5.04. The van der Waals surface area contributed by atoms with Gasteiger partial charge in [0.05, 0.1) is 5.69 Å². The molecule has 0 aliphatic carbocycles. The molecule has 0 bridgehead atoms. The average molecular weight is 479 g/mol. The molecule has 0 saturated heterocycles. The molecule has 28 heavy (non-hydrogen) atoms. The van der Waals surface area contributed by atoms with Crippen molar-refractivity contribution >= 4 is 39.1 Å². The van der Waals surface area contributed by atoms with Crippen molar-refractivity contribution in [2.24, 2.45) is 0 Å². The fraction of sp³-hybridized carbons (Fsp3) is 0.316. The SMILES string of the molecule is CC(c1ccc(Br)cc1Cl)C(O)(c1cccc2c1OCC(=O)N2C)C(F)(F)F. The zero-order valence-electron chi connectivity index (χ0n) is 14.8. The van der Waals surface area contributed by atoms with Gasteiger partial charge in [-0.2, -0.15) is 13.2 Å². The first-order valence-corrected chi connectivity index (χ1v) is 9.42. The van der Waals surface area contributed by atoms with Crippen LogP contribution in [0, 0.1) is 0 Å². The number of rotatable bonds is 3. The number of carbonyl (C=O) groups excluding carboxylic acids is 1. The lowest BCUT2D eigenvalue weighted by Crippen LogP contribution is -2.47. The highest BCUT2D eigenvalue weighted by molar-refractivity contribution is 9.10. The van der Waals surface area contributed by atoms with Crippen LogP contribution in [0.25, 0.3) is 0 Å². The van der Waals surface area contributed by atoms with Crippen molar-refractivity contribution < 1.29 is 27.8 Å². The van der Waals surface area contributed by atoms with E-state index in [4.69, 9.17) is 16.3 Å². The lowest BCUT2D eigenvalue weighted by molar-refractivity contribution is -0.275. The van der Waals surface area contributed by atoms with Crippen LogP contribution in [0.4, 0.5) is 18.9 Å². The molecule has 1 aliphatic heterocycles. The van der Waals surface area contributed by atoms with Crippen LogP contribution in [0.1, 0.15) is 24.0 Å². The smallest absolute Gasteiger partial charge is 0.422 e. The van der Waals surface area contributed by atoms with Gasteiger partial charge in [0.15, 0.2) is 12.2 Å².